The highest BCUT2D eigenvalue weighted by atomic mass is 16.3. The highest BCUT2D eigenvalue weighted by Crippen LogP contribution is 2.20. The maximum Gasteiger partial charge on any atom is 0.220 e. The first kappa shape index (κ1) is 14.4. The summed E-state index contributed by atoms with van der Waals surface area (Å²) in [5.74, 6) is 0.0779. The summed E-state index contributed by atoms with van der Waals surface area (Å²) in [7, 11) is 0. The molecule has 0 aromatic rings. The molecule has 0 rings (SSSR count). The van der Waals surface area contributed by atoms with E-state index in [9.17, 15) is 9.90 Å². The Bertz CT molecular complexity index is 199. The Morgan fingerprint density at radius 2 is 1.67 bits per heavy atom. The third kappa shape index (κ3) is 11.4. The largest absolute Gasteiger partial charge is 0.390 e. The second-order valence-electron chi connectivity index (χ2n) is 5.97. The Balaban J connectivity index is 3.60. The highest BCUT2D eigenvalue weighted by molar-refractivity contribution is 5.75. The number of nitrogens with one attached hydrogen (secondary N) is 1. The van der Waals surface area contributed by atoms with Gasteiger partial charge in [-0.25, -0.2) is 0 Å². The van der Waals surface area contributed by atoms with Crippen molar-refractivity contribution in [1.29, 1.82) is 0 Å². The molecule has 0 spiro atoms. The lowest BCUT2D eigenvalue weighted by molar-refractivity contribution is -0.121. The van der Waals surface area contributed by atoms with Crippen LogP contribution in [0.3, 0.4) is 0 Å². The maximum absolute atomic E-state index is 11.4. The van der Waals surface area contributed by atoms with Crippen LogP contribution in [0.25, 0.3) is 0 Å². The van der Waals surface area contributed by atoms with E-state index in [1.54, 1.807) is 13.8 Å². The molecule has 0 aliphatic rings. The second kappa shape index (κ2) is 5.50. The summed E-state index contributed by atoms with van der Waals surface area (Å²) in [5.41, 5.74) is -0.495. The highest BCUT2D eigenvalue weighted by Gasteiger charge is 2.14. The fraction of sp³-hybridized carbons (Fsp3) is 0.917. The fourth-order valence-electron chi connectivity index (χ4n) is 1.08. The van der Waals surface area contributed by atoms with Crippen LogP contribution in [-0.4, -0.2) is 23.2 Å². The van der Waals surface area contributed by atoms with Crippen molar-refractivity contribution in [3.05, 3.63) is 0 Å². The zero-order valence-corrected chi connectivity index (χ0v) is 10.7. The Kier molecular flexibility index (Phi) is 5.29. The number of carbonyl (C=O) groups excluding carboxylic acids is 1. The van der Waals surface area contributed by atoms with Crippen molar-refractivity contribution < 1.29 is 9.90 Å². The molecule has 2 N–H and O–H groups in total. The van der Waals surface area contributed by atoms with E-state index in [4.69, 9.17) is 0 Å². The van der Waals surface area contributed by atoms with Gasteiger partial charge in [0.25, 0.3) is 0 Å². The maximum atomic E-state index is 11.4. The van der Waals surface area contributed by atoms with E-state index in [0.29, 0.717) is 19.4 Å². The van der Waals surface area contributed by atoms with Crippen LogP contribution < -0.4 is 5.32 Å². The van der Waals surface area contributed by atoms with E-state index in [-0.39, 0.29) is 11.3 Å². The Labute approximate surface area is 93.3 Å². The van der Waals surface area contributed by atoms with Gasteiger partial charge in [-0.15, -0.1) is 0 Å². The van der Waals surface area contributed by atoms with Crippen molar-refractivity contribution in [2.75, 3.05) is 6.54 Å². The molecule has 0 unspecified atom stereocenters. The summed E-state index contributed by atoms with van der Waals surface area (Å²) in [4.78, 5) is 11.4. The van der Waals surface area contributed by atoms with Gasteiger partial charge in [0, 0.05) is 13.0 Å². The van der Waals surface area contributed by atoms with Gasteiger partial charge < -0.3 is 10.4 Å². The Morgan fingerprint density at radius 1 is 1.13 bits per heavy atom. The van der Waals surface area contributed by atoms with Gasteiger partial charge in [-0.05, 0) is 32.1 Å². The standard InChI is InChI=1S/C12H25NO2/c1-11(2,3)7-6-10(14)13-9-8-12(4,5)15/h15H,6-9H2,1-5H3,(H,13,14). The van der Waals surface area contributed by atoms with E-state index in [1.165, 1.54) is 0 Å². The molecule has 0 atom stereocenters. The van der Waals surface area contributed by atoms with Crippen molar-refractivity contribution in [3.63, 3.8) is 0 Å². The minimum atomic E-state index is -0.697. The average Bonchev–Trinajstić information content (AvgIpc) is 1.97. The summed E-state index contributed by atoms with van der Waals surface area (Å²) in [5, 5.41) is 12.3. The van der Waals surface area contributed by atoms with Gasteiger partial charge in [-0.2, -0.15) is 0 Å². The third-order valence-corrected chi connectivity index (χ3v) is 2.16. The quantitative estimate of drug-likeness (QED) is 0.737. The lowest BCUT2D eigenvalue weighted by atomic mass is 9.90. The van der Waals surface area contributed by atoms with Crippen LogP contribution >= 0.6 is 0 Å². The van der Waals surface area contributed by atoms with E-state index < -0.39 is 5.60 Å². The average molecular weight is 215 g/mol. The molecule has 90 valence electrons. The SMILES string of the molecule is CC(C)(C)CCC(=O)NCCC(C)(C)O. The number of carbonyl (C=O) groups is 1. The van der Waals surface area contributed by atoms with E-state index in [2.05, 4.69) is 26.1 Å². The monoisotopic (exact) mass is 215 g/mol. The van der Waals surface area contributed by atoms with Crippen LogP contribution in [0.2, 0.25) is 0 Å². The summed E-state index contributed by atoms with van der Waals surface area (Å²) < 4.78 is 0. The first-order valence-corrected chi connectivity index (χ1v) is 5.59. The van der Waals surface area contributed by atoms with Crippen molar-refractivity contribution >= 4 is 5.91 Å². The molecule has 15 heavy (non-hydrogen) atoms. The normalized spacial score (nSPS) is 12.7. The van der Waals surface area contributed by atoms with Gasteiger partial charge in [-0.3, -0.25) is 4.79 Å². The van der Waals surface area contributed by atoms with Gasteiger partial charge >= 0.3 is 0 Å². The van der Waals surface area contributed by atoms with Gasteiger partial charge in [0.05, 0.1) is 5.60 Å². The Hall–Kier alpha value is -0.570. The lowest BCUT2D eigenvalue weighted by Gasteiger charge is -2.19. The molecule has 0 radical (unpaired) electrons. The summed E-state index contributed by atoms with van der Waals surface area (Å²) in [6.45, 7) is 10.4. The van der Waals surface area contributed by atoms with Crippen molar-refractivity contribution in [2.24, 2.45) is 5.41 Å². The number of amides is 1. The molecule has 0 saturated heterocycles. The van der Waals surface area contributed by atoms with Crippen LogP contribution in [0.4, 0.5) is 0 Å². The minimum Gasteiger partial charge on any atom is -0.390 e. The minimum absolute atomic E-state index is 0.0779. The zero-order chi connectivity index (χ0) is 12.1. The molecule has 0 aromatic carbocycles. The van der Waals surface area contributed by atoms with Gasteiger partial charge in [0.2, 0.25) is 5.91 Å². The van der Waals surface area contributed by atoms with E-state index in [0.717, 1.165) is 6.42 Å². The predicted molar refractivity (Wildman–Crippen MR) is 62.6 cm³/mol. The smallest absolute Gasteiger partial charge is 0.220 e. The van der Waals surface area contributed by atoms with E-state index >= 15 is 0 Å². The summed E-state index contributed by atoms with van der Waals surface area (Å²) in [6.07, 6.45) is 2.05. The summed E-state index contributed by atoms with van der Waals surface area (Å²) in [6, 6.07) is 0. The molecule has 3 nitrogen and oxygen atoms in total. The van der Waals surface area contributed by atoms with Gasteiger partial charge in [0.1, 0.15) is 0 Å². The second-order valence-corrected chi connectivity index (χ2v) is 5.97. The molecule has 0 heterocycles. The predicted octanol–water partition coefficient (Wildman–Crippen LogP) is 2.09. The molecule has 0 saturated carbocycles. The molecule has 3 heteroatoms. The molecule has 0 fully saturated rings. The first-order chi connectivity index (χ1) is 6.60. The van der Waals surface area contributed by atoms with Gasteiger partial charge in [0.15, 0.2) is 0 Å². The van der Waals surface area contributed by atoms with Gasteiger partial charge in [-0.1, -0.05) is 20.8 Å². The van der Waals surface area contributed by atoms with Crippen LogP contribution in [0, 0.1) is 5.41 Å². The molecule has 0 bridgehead atoms. The molecule has 0 aliphatic carbocycles. The molecule has 0 aliphatic heterocycles. The van der Waals surface area contributed by atoms with Crippen molar-refractivity contribution in [1.82, 2.24) is 5.32 Å². The number of hydrogen-bond donors (Lipinski definition) is 2. The lowest BCUT2D eigenvalue weighted by Crippen LogP contribution is -2.31. The Morgan fingerprint density at radius 3 is 2.07 bits per heavy atom. The first-order valence-electron chi connectivity index (χ1n) is 5.59. The molecular weight excluding hydrogens is 190 g/mol. The van der Waals surface area contributed by atoms with E-state index in [1.807, 2.05) is 0 Å². The van der Waals surface area contributed by atoms with Crippen molar-refractivity contribution in [2.45, 2.75) is 59.5 Å². The van der Waals surface area contributed by atoms with Crippen LogP contribution in [-0.2, 0) is 4.79 Å². The van der Waals surface area contributed by atoms with Crippen LogP contribution in [0.5, 0.6) is 0 Å². The summed E-state index contributed by atoms with van der Waals surface area (Å²) >= 11 is 0. The molecular formula is C12H25NO2. The van der Waals surface area contributed by atoms with Crippen LogP contribution in [0.15, 0.2) is 0 Å². The van der Waals surface area contributed by atoms with Crippen LogP contribution in [0.1, 0.15) is 53.9 Å². The zero-order valence-electron chi connectivity index (χ0n) is 10.7. The number of aliphatic hydroxyl groups is 1. The number of rotatable bonds is 5. The number of hydrogen-bond acceptors (Lipinski definition) is 2. The topological polar surface area (TPSA) is 49.3 Å². The fourth-order valence-corrected chi connectivity index (χ4v) is 1.08. The molecule has 1 amide bonds. The molecule has 0 aromatic heterocycles. The third-order valence-electron chi connectivity index (χ3n) is 2.16. The van der Waals surface area contributed by atoms with Crippen molar-refractivity contribution in [3.8, 4) is 0 Å².